The highest BCUT2D eigenvalue weighted by Gasteiger charge is 2.33. The molecule has 136 valence electrons. The first kappa shape index (κ1) is 19.1. The lowest BCUT2D eigenvalue weighted by atomic mass is 10.0. The number of benzene rings is 1. The number of carbonyl (C=O) groups is 1. The fourth-order valence-corrected chi connectivity index (χ4v) is 4.54. The van der Waals surface area contributed by atoms with E-state index in [4.69, 9.17) is 11.6 Å². The van der Waals surface area contributed by atoms with Crippen LogP contribution in [0.2, 0.25) is 5.02 Å². The summed E-state index contributed by atoms with van der Waals surface area (Å²) in [6.45, 7) is 1.24. The van der Waals surface area contributed by atoms with Crippen molar-refractivity contribution >= 4 is 54.7 Å². The number of pyridine rings is 1. The molecule has 0 amide bonds. The molecule has 0 saturated carbocycles. The quantitative estimate of drug-likeness (QED) is 0.495. The lowest BCUT2D eigenvalue weighted by Crippen LogP contribution is -2.22. The minimum Gasteiger partial charge on any atom is -0.306 e. The molecule has 0 atom stereocenters. The smallest absolute Gasteiger partial charge is 0.306 e. The van der Waals surface area contributed by atoms with Gasteiger partial charge in [-0.05, 0) is 40.5 Å². The van der Waals surface area contributed by atoms with Crippen LogP contribution in [-0.2, 0) is 17.5 Å². The van der Waals surface area contributed by atoms with Crippen molar-refractivity contribution in [2.24, 2.45) is 0 Å². The summed E-state index contributed by atoms with van der Waals surface area (Å²) in [6.07, 6.45) is -3.09. The molecule has 0 aliphatic rings. The second kappa shape index (κ2) is 6.83. The van der Waals surface area contributed by atoms with E-state index in [-0.39, 0.29) is 23.3 Å². The van der Waals surface area contributed by atoms with Gasteiger partial charge in [-0.1, -0.05) is 17.7 Å². The van der Waals surface area contributed by atoms with Crippen molar-refractivity contribution in [3.05, 3.63) is 55.2 Å². The third-order valence-electron chi connectivity index (χ3n) is 3.73. The maximum atomic E-state index is 13.1. The van der Waals surface area contributed by atoms with Crippen molar-refractivity contribution in [1.29, 1.82) is 0 Å². The van der Waals surface area contributed by atoms with Gasteiger partial charge in [0.05, 0.1) is 31.7 Å². The monoisotopic (exact) mass is 463 g/mol. The zero-order valence-electron chi connectivity index (χ0n) is 13.2. The number of nitrogens with zero attached hydrogens (tertiary/aromatic N) is 1. The van der Waals surface area contributed by atoms with Crippen LogP contribution in [0.25, 0.3) is 21.2 Å². The number of thiophene rings is 1. The number of alkyl halides is 3. The first-order valence-electron chi connectivity index (χ1n) is 7.26. The highest BCUT2D eigenvalue weighted by atomic mass is 79.9. The van der Waals surface area contributed by atoms with Crippen molar-refractivity contribution < 1.29 is 18.0 Å². The lowest BCUT2D eigenvalue weighted by Gasteiger charge is -2.11. The third-order valence-corrected chi connectivity index (χ3v) is 5.93. The Labute approximate surface area is 163 Å². The number of hydrogen-bond acceptors (Lipinski definition) is 3. The molecule has 0 N–H and O–H groups in total. The molecule has 0 aliphatic carbocycles. The van der Waals surface area contributed by atoms with Crippen LogP contribution in [0.15, 0.2) is 39.0 Å². The topological polar surface area (TPSA) is 39.1 Å². The Morgan fingerprint density at radius 3 is 2.65 bits per heavy atom. The molecule has 0 bridgehead atoms. The van der Waals surface area contributed by atoms with Gasteiger partial charge in [0.1, 0.15) is 5.78 Å². The van der Waals surface area contributed by atoms with Gasteiger partial charge in [-0.3, -0.25) is 9.59 Å². The predicted molar refractivity (Wildman–Crippen MR) is 99.9 cm³/mol. The minimum absolute atomic E-state index is 0.114. The molecular formula is C17H10BrClF3NO2S. The lowest BCUT2D eigenvalue weighted by molar-refractivity contribution is -0.137. The Kier molecular flexibility index (Phi) is 5.02. The largest absolute Gasteiger partial charge is 0.417 e. The summed E-state index contributed by atoms with van der Waals surface area (Å²) >= 11 is 10.3. The molecule has 2 heterocycles. The number of ketones is 1. The van der Waals surface area contributed by atoms with E-state index < -0.39 is 22.3 Å². The van der Waals surface area contributed by atoms with Gasteiger partial charge in [0.2, 0.25) is 0 Å². The van der Waals surface area contributed by atoms with Crippen molar-refractivity contribution in [3.63, 3.8) is 0 Å². The molecule has 9 heteroatoms. The number of rotatable bonds is 3. The van der Waals surface area contributed by atoms with Gasteiger partial charge in [0.15, 0.2) is 0 Å². The highest BCUT2D eigenvalue weighted by Crippen LogP contribution is 2.40. The summed E-state index contributed by atoms with van der Waals surface area (Å²) in [7, 11) is 0. The van der Waals surface area contributed by atoms with Gasteiger partial charge >= 0.3 is 6.18 Å². The zero-order valence-corrected chi connectivity index (χ0v) is 16.3. The zero-order chi connectivity index (χ0) is 19.2. The summed E-state index contributed by atoms with van der Waals surface area (Å²) in [5.74, 6) is -0.207. The van der Waals surface area contributed by atoms with E-state index in [9.17, 15) is 22.8 Å². The van der Waals surface area contributed by atoms with Gasteiger partial charge in [-0.15, -0.1) is 11.3 Å². The molecule has 1 aromatic carbocycles. The predicted octanol–water partition coefficient (Wildman–Crippen LogP) is 5.75. The minimum atomic E-state index is -4.60. The Hall–Kier alpha value is -1.64. The SMILES string of the molecule is CC(=O)Cn1cc(Br)c2scc(-c3ccc(Cl)c(C(F)(F)F)c3)c2c1=O. The second-order valence-corrected chi connectivity index (χ2v) is 7.80. The summed E-state index contributed by atoms with van der Waals surface area (Å²) in [4.78, 5) is 24.2. The molecule has 0 aliphatic heterocycles. The number of aromatic nitrogens is 1. The van der Waals surface area contributed by atoms with Gasteiger partial charge < -0.3 is 4.57 Å². The molecule has 26 heavy (non-hydrogen) atoms. The van der Waals surface area contributed by atoms with Crippen molar-refractivity contribution in [2.75, 3.05) is 0 Å². The van der Waals surface area contributed by atoms with Gasteiger partial charge in [-0.2, -0.15) is 13.2 Å². The van der Waals surface area contributed by atoms with Crippen LogP contribution in [0.4, 0.5) is 13.2 Å². The van der Waals surface area contributed by atoms with Gasteiger partial charge in [0.25, 0.3) is 5.56 Å². The summed E-state index contributed by atoms with van der Waals surface area (Å²) in [6, 6.07) is 3.53. The molecule has 2 aromatic heterocycles. The van der Waals surface area contributed by atoms with Crippen LogP contribution in [0, 0.1) is 0 Å². The highest BCUT2D eigenvalue weighted by molar-refractivity contribution is 9.10. The molecule has 0 fully saturated rings. The fourth-order valence-electron chi connectivity index (χ4n) is 2.62. The average molecular weight is 465 g/mol. The molecule has 0 spiro atoms. The first-order valence-corrected chi connectivity index (χ1v) is 9.31. The molecule has 0 saturated heterocycles. The second-order valence-electron chi connectivity index (χ2n) is 5.66. The van der Waals surface area contributed by atoms with E-state index in [1.165, 1.54) is 35.1 Å². The van der Waals surface area contributed by atoms with Crippen LogP contribution < -0.4 is 5.56 Å². The Morgan fingerprint density at radius 1 is 1.35 bits per heavy atom. The molecule has 3 nitrogen and oxygen atoms in total. The number of fused-ring (bicyclic) bond motifs is 1. The number of hydrogen-bond donors (Lipinski definition) is 0. The van der Waals surface area contributed by atoms with Crippen molar-refractivity contribution in [1.82, 2.24) is 4.57 Å². The van der Waals surface area contributed by atoms with Crippen molar-refractivity contribution in [2.45, 2.75) is 19.6 Å². The summed E-state index contributed by atoms with van der Waals surface area (Å²) in [5, 5.41) is 1.48. The maximum absolute atomic E-state index is 13.1. The molecular weight excluding hydrogens is 455 g/mol. The number of carbonyl (C=O) groups excluding carboxylic acids is 1. The molecule has 3 rings (SSSR count). The van der Waals surface area contributed by atoms with E-state index in [0.29, 0.717) is 14.7 Å². The number of Topliss-reactive ketones (excluding diaryl/α,β-unsaturated/α-hetero) is 1. The molecule has 3 aromatic rings. The average Bonchev–Trinajstić information content (AvgIpc) is 2.97. The molecule has 0 radical (unpaired) electrons. The van der Waals surface area contributed by atoms with E-state index in [1.54, 1.807) is 5.38 Å². The van der Waals surface area contributed by atoms with Crippen LogP contribution in [-0.4, -0.2) is 10.4 Å². The van der Waals surface area contributed by atoms with E-state index in [0.717, 1.165) is 12.1 Å². The van der Waals surface area contributed by atoms with Crippen molar-refractivity contribution in [3.8, 4) is 11.1 Å². The van der Waals surface area contributed by atoms with Crippen LogP contribution in [0.5, 0.6) is 0 Å². The Morgan fingerprint density at radius 2 is 2.04 bits per heavy atom. The summed E-state index contributed by atoms with van der Waals surface area (Å²) in [5.41, 5.74) is -0.790. The normalized spacial score (nSPS) is 11.9. The van der Waals surface area contributed by atoms with Crippen LogP contribution >= 0.6 is 38.9 Å². The standard InChI is InChI=1S/C17H10BrClF3NO2S/c1-8(24)5-23-6-12(18)15-14(16(23)25)10(7-26-15)9-2-3-13(19)11(4-9)17(20,21)22/h2-4,6-7H,5H2,1H3. The summed E-state index contributed by atoms with van der Waals surface area (Å²) < 4.78 is 41.9. The fraction of sp³-hybridized carbons (Fsp3) is 0.176. The first-order chi connectivity index (χ1) is 12.1. The third kappa shape index (κ3) is 3.45. The van der Waals surface area contributed by atoms with Crippen LogP contribution in [0.3, 0.4) is 0 Å². The van der Waals surface area contributed by atoms with E-state index in [1.807, 2.05) is 0 Å². The Balaban J connectivity index is 2.29. The number of halogens is 5. The maximum Gasteiger partial charge on any atom is 0.417 e. The van der Waals surface area contributed by atoms with Gasteiger partial charge in [-0.25, -0.2) is 0 Å². The van der Waals surface area contributed by atoms with E-state index >= 15 is 0 Å². The van der Waals surface area contributed by atoms with Gasteiger partial charge in [0, 0.05) is 17.1 Å². The van der Waals surface area contributed by atoms with Crippen LogP contribution in [0.1, 0.15) is 12.5 Å². The molecule has 0 unspecified atom stereocenters. The Bertz CT molecular complexity index is 1090. The van der Waals surface area contributed by atoms with E-state index in [2.05, 4.69) is 15.9 Å².